The number of rotatable bonds is 5. The van der Waals surface area contributed by atoms with Crippen molar-refractivity contribution in [3.63, 3.8) is 0 Å². The Morgan fingerprint density at radius 2 is 2.04 bits per heavy atom. The minimum atomic E-state index is -0.240. The van der Waals surface area contributed by atoms with Gasteiger partial charge in [0.05, 0.1) is 6.54 Å². The Morgan fingerprint density at radius 1 is 1.25 bits per heavy atom. The standard InChI is InChI=1S/C17H18N4O2S/c1-11(2)15-20-16(23-21-15)12-5-7-13(8-6-12)19-17(22)18-10-14-4-3-9-24-14/h3-9,11H,10H2,1-2H3,(H2,18,19,22). The van der Waals surface area contributed by atoms with Crippen LogP contribution in [0.5, 0.6) is 0 Å². The van der Waals surface area contributed by atoms with Gasteiger partial charge in [-0.3, -0.25) is 0 Å². The topological polar surface area (TPSA) is 80.0 Å². The van der Waals surface area contributed by atoms with Crippen LogP contribution < -0.4 is 10.6 Å². The second kappa shape index (κ2) is 7.27. The molecule has 124 valence electrons. The summed E-state index contributed by atoms with van der Waals surface area (Å²) in [7, 11) is 0. The number of amides is 2. The summed E-state index contributed by atoms with van der Waals surface area (Å²) >= 11 is 1.61. The molecule has 2 amide bonds. The van der Waals surface area contributed by atoms with Gasteiger partial charge in [0.25, 0.3) is 5.89 Å². The molecule has 1 aromatic carbocycles. The highest BCUT2D eigenvalue weighted by Gasteiger charge is 2.11. The van der Waals surface area contributed by atoms with Gasteiger partial charge in [-0.05, 0) is 35.7 Å². The van der Waals surface area contributed by atoms with Crippen LogP contribution in [-0.2, 0) is 6.54 Å². The fourth-order valence-electron chi connectivity index (χ4n) is 2.04. The van der Waals surface area contributed by atoms with Crippen molar-refractivity contribution >= 4 is 23.1 Å². The predicted molar refractivity (Wildman–Crippen MR) is 94.0 cm³/mol. The summed E-state index contributed by atoms with van der Waals surface area (Å²) in [6.45, 7) is 4.54. The van der Waals surface area contributed by atoms with Crippen molar-refractivity contribution in [1.82, 2.24) is 15.5 Å². The van der Waals surface area contributed by atoms with E-state index in [1.54, 1.807) is 23.5 Å². The maximum Gasteiger partial charge on any atom is 0.319 e. The highest BCUT2D eigenvalue weighted by Crippen LogP contribution is 2.21. The lowest BCUT2D eigenvalue weighted by Crippen LogP contribution is -2.27. The highest BCUT2D eigenvalue weighted by atomic mass is 32.1. The average molecular weight is 342 g/mol. The van der Waals surface area contributed by atoms with Crippen molar-refractivity contribution in [2.45, 2.75) is 26.3 Å². The zero-order chi connectivity index (χ0) is 16.9. The van der Waals surface area contributed by atoms with Crippen molar-refractivity contribution in [2.75, 3.05) is 5.32 Å². The van der Waals surface area contributed by atoms with E-state index < -0.39 is 0 Å². The second-order valence-corrected chi connectivity index (χ2v) is 6.61. The minimum absolute atomic E-state index is 0.218. The molecule has 3 rings (SSSR count). The average Bonchev–Trinajstić information content (AvgIpc) is 3.25. The number of hydrogen-bond acceptors (Lipinski definition) is 5. The number of carbonyl (C=O) groups excluding carboxylic acids is 1. The lowest BCUT2D eigenvalue weighted by Gasteiger charge is -2.07. The van der Waals surface area contributed by atoms with Gasteiger partial charge in [-0.2, -0.15) is 4.98 Å². The van der Waals surface area contributed by atoms with Crippen LogP contribution in [0.3, 0.4) is 0 Å². The number of benzene rings is 1. The first kappa shape index (κ1) is 16.2. The fraction of sp³-hybridized carbons (Fsp3) is 0.235. The molecule has 7 heteroatoms. The third kappa shape index (κ3) is 3.99. The highest BCUT2D eigenvalue weighted by molar-refractivity contribution is 7.09. The summed E-state index contributed by atoms with van der Waals surface area (Å²) in [5, 5.41) is 11.5. The van der Waals surface area contributed by atoms with E-state index in [4.69, 9.17) is 4.52 Å². The van der Waals surface area contributed by atoms with E-state index in [1.165, 1.54) is 0 Å². The first-order chi connectivity index (χ1) is 11.6. The molecular weight excluding hydrogens is 324 g/mol. The van der Waals surface area contributed by atoms with Crippen molar-refractivity contribution in [1.29, 1.82) is 0 Å². The van der Waals surface area contributed by atoms with E-state index in [0.29, 0.717) is 23.9 Å². The molecule has 0 saturated carbocycles. The summed E-state index contributed by atoms with van der Waals surface area (Å²) in [5.74, 6) is 1.38. The first-order valence-corrected chi connectivity index (χ1v) is 8.51. The van der Waals surface area contributed by atoms with Crippen molar-refractivity contribution in [3.8, 4) is 11.5 Å². The van der Waals surface area contributed by atoms with Crippen LogP contribution in [-0.4, -0.2) is 16.2 Å². The summed E-state index contributed by atoms with van der Waals surface area (Å²) in [5.41, 5.74) is 1.52. The Kier molecular flexibility index (Phi) is 4.90. The Hall–Kier alpha value is -2.67. The Balaban J connectivity index is 1.58. The van der Waals surface area contributed by atoms with Gasteiger partial charge < -0.3 is 15.2 Å². The van der Waals surface area contributed by atoms with Gasteiger partial charge in [-0.15, -0.1) is 11.3 Å². The summed E-state index contributed by atoms with van der Waals surface area (Å²) in [6.07, 6.45) is 0. The summed E-state index contributed by atoms with van der Waals surface area (Å²) in [4.78, 5) is 17.3. The molecule has 24 heavy (non-hydrogen) atoms. The van der Waals surface area contributed by atoms with Gasteiger partial charge in [0.15, 0.2) is 5.82 Å². The molecule has 0 atom stereocenters. The lowest BCUT2D eigenvalue weighted by atomic mass is 10.2. The van der Waals surface area contributed by atoms with E-state index in [-0.39, 0.29) is 11.9 Å². The molecule has 0 unspecified atom stereocenters. The normalized spacial score (nSPS) is 10.8. The maximum absolute atomic E-state index is 11.9. The largest absolute Gasteiger partial charge is 0.334 e. The third-order valence-electron chi connectivity index (χ3n) is 3.35. The number of carbonyl (C=O) groups is 1. The number of urea groups is 1. The van der Waals surface area contributed by atoms with Crippen molar-refractivity contribution in [2.24, 2.45) is 0 Å². The number of nitrogens with one attached hydrogen (secondary N) is 2. The molecule has 6 nitrogen and oxygen atoms in total. The first-order valence-electron chi connectivity index (χ1n) is 7.63. The second-order valence-electron chi connectivity index (χ2n) is 5.58. The molecule has 0 bridgehead atoms. The van der Waals surface area contributed by atoms with E-state index in [0.717, 1.165) is 10.4 Å². The molecule has 0 saturated heterocycles. The zero-order valence-electron chi connectivity index (χ0n) is 13.4. The van der Waals surface area contributed by atoms with Crippen LogP contribution in [0.25, 0.3) is 11.5 Å². The van der Waals surface area contributed by atoms with Crippen LogP contribution in [0, 0.1) is 0 Å². The lowest BCUT2D eigenvalue weighted by molar-refractivity contribution is 0.252. The van der Waals surface area contributed by atoms with Gasteiger partial charge in [-0.25, -0.2) is 4.79 Å². The van der Waals surface area contributed by atoms with Crippen molar-refractivity contribution < 1.29 is 9.32 Å². The zero-order valence-corrected chi connectivity index (χ0v) is 14.3. The molecule has 2 heterocycles. The molecule has 0 spiro atoms. The Bertz CT molecular complexity index is 794. The molecular formula is C17H18N4O2S. The van der Waals surface area contributed by atoms with Gasteiger partial charge in [0.1, 0.15) is 0 Å². The van der Waals surface area contributed by atoms with E-state index in [2.05, 4.69) is 20.8 Å². The van der Waals surface area contributed by atoms with Crippen LogP contribution in [0.15, 0.2) is 46.3 Å². The van der Waals surface area contributed by atoms with Crippen LogP contribution >= 0.6 is 11.3 Å². The molecule has 2 aromatic heterocycles. The van der Waals surface area contributed by atoms with Gasteiger partial charge in [-0.1, -0.05) is 25.1 Å². The van der Waals surface area contributed by atoms with Crippen molar-refractivity contribution in [3.05, 3.63) is 52.5 Å². The van der Waals surface area contributed by atoms with E-state index in [9.17, 15) is 4.79 Å². The fourth-order valence-corrected chi connectivity index (χ4v) is 2.68. The molecule has 0 aliphatic rings. The summed E-state index contributed by atoms with van der Waals surface area (Å²) in [6, 6.07) is 11.0. The Morgan fingerprint density at radius 3 is 2.67 bits per heavy atom. The summed E-state index contributed by atoms with van der Waals surface area (Å²) < 4.78 is 5.25. The maximum atomic E-state index is 11.9. The van der Waals surface area contributed by atoms with Crippen LogP contribution in [0.1, 0.15) is 30.5 Å². The van der Waals surface area contributed by atoms with E-state index in [1.807, 2.05) is 43.5 Å². The molecule has 0 aliphatic carbocycles. The Labute approximate surface area is 143 Å². The molecule has 0 radical (unpaired) electrons. The third-order valence-corrected chi connectivity index (χ3v) is 4.23. The monoisotopic (exact) mass is 342 g/mol. The van der Waals surface area contributed by atoms with Gasteiger partial charge in [0.2, 0.25) is 0 Å². The number of nitrogens with zero attached hydrogens (tertiary/aromatic N) is 2. The van der Waals surface area contributed by atoms with Gasteiger partial charge >= 0.3 is 6.03 Å². The number of thiophene rings is 1. The smallest absolute Gasteiger partial charge is 0.319 e. The molecule has 0 fully saturated rings. The molecule has 3 aromatic rings. The molecule has 2 N–H and O–H groups in total. The van der Waals surface area contributed by atoms with Crippen LogP contribution in [0.4, 0.5) is 10.5 Å². The number of aromatic nitrogens is 2. The van der Waals surface area contributed by atoms with Gasteiger partial charge in [0, 0.05) is 22.0 Å². The quantitative estimate of drug-likeness (QED) is 0.726. The van der Waals surface area contributed by atoms with E-state index >= 15 is 0 Å². The minimum Gasteiger partial charge on any atom is -0.334 e. The predicted octanol–water partition coefficient (Wildman–Crippen LogP) is 4.24. The SMILES string of the molecule is CC(C)c1noc(-c2ccc(NC(=O)NCc3cccs3)cc2)n1. The molecule has 0 aliphatic heterocycles. The number of anilines is 1. The number of hydrogen-bond donors (Lipinski definition) is 2. The van der Waals surface area contributed by atoms with Crippen LogP contribution in [0.2, 0.25) is 0 Å².